The van der Waals surface area contributed by atoms with Gasteiger partial charge in [-0.25, -0.2) is 4.39 Å². The summed E-state index contributed by atoms with van der Waals surface area (Å²) in [4.78, 5) is 18.0. The fourth-order valence-corrected chi connectivity index (χ4v) is 3.05. The Morgan fingerprint density at radius 1 is 1.38 bits per heavy atom. The van der Waals surface area contributed by atoms with Crippen LogP contribution < -0.4 is 15.4 Å². The number of likely N-dealkylation sites (tertiary alicyclic amines) is 1. The first-order valence-corrected chi connectivity index (χ1v) is 8.56. The zero-order valence-corrected chi connectivity index (χ0v) is 17.9. The first-order valence-electron chi connectivity index (χ1n) is 8.56. The van der Waals surface area contributed by atoms with Crippen LogP contribution in [0.5, 0.6) is 5.75 Å². The predicted octanol–water partition coefficient (Wildman–Crippen LogP) is 2.38. The molecule has 0 bridgehead atoms. The quantitative estimate of drug-likeness (QED) is 0.388. The molecule has 2 rings (SSSR count). The Labute approximate surface area is 171 Å². The van der Waals surface area contributed by atoms with Crippen LogP contribution in [0.1, 0.15) is 24.8 Å². The third-order valence-corrected chi connectivity index (χ3v) is 4.55. The topological polar surface area (TPSA) is 66.0 Å². The van der Waals surface area contributed by atoms with Gasteiger partial charge in [-0.2, -0.15) is 0 Å². The molecule has 0 spiro atoms. The number of nitrogens with one attached hydrogen (secondary N) is 2. The van der Waals surface area contributed by atoms with Gasteiger partial charge in [0.1, 0.15) is 0 Å². The fraction of sp³-hybridized carbons (Fsp3) is 0.556. The Hall–Kier alpha value is -1.58. The number of halogens is 2. The second kappa shape index (κ2) is 11.2. The number of aliphatic imine (C=N–C) groups is 1. The molecule has 0 atom stereocenters. The molecular weight excluding hydrogens is 450 g/mol. The second-order valence-corrected chi connectivity index (χ2v) is 6.18. The van der Waals surface area contributed by atoms with Crippen LogP contribution in [0.2, 0.25) is 0 Å². The van der Waals surface area contributed by atoms with E-state index in [9.17, 15) is 9.18 Å². The molecule has 1 aromatic rings. The third-order valence-electron chi connectivity index (χ3n) is 4.55. The molecule has 0 saturated carbocycles. The van der Waals surface area contributed by atoms with Crippen molar-refractivity contribution in [3.05, 3.63) is 29.6 Å². The van der Waals surface area contributed by atoms with Gasteiger partial charge in [-0.3, -0.25) is 9.79 Å². The molecule has 1 aliphatic rings. The van der Waals surface area contributed by atoms with Crippen molar-refractivity contribution in [2.24, 2.45) is 10.9 Å². The van der Waals surface area contributed by atoms with Crippen LogP contribution in [0.4, 0.5) is 4.39 Å². The van der Waals surface area contributed by atoms with E-state index in [-0.39, 0.29) is 41.5 Å². The van der Waals surface area contributed by atoms with Crippen LogP contribution in [0.3, 0.4) is 0 Å². The number of amides is 1. The van der Waals surface area contributed by atoms with Gasteiger partial charge in [0.05, 0.1) is 7.11 Å². The van der Waals surface area contributed by atoms with Gasteiger partial charge in [-0.05, 0) is 36.5 Å². The summed E-state index contributed by atoms with van der Waals surface area (Å²) in [5.74, 6) is 1.19. The molecule has 26 heavy (non-hydrogen) atoms. The third kappa shape index (κ3) is 6.30. The molecule has 1 aromatic carbocycles. The molecule has 0 aromatic heterocycles. The van der Waals surface area contributed by atoms with Crippen molar-refractivity contribution in [2.75, 3.05) is 34.3 Å². The van der Waals surface area contributed by atoms with E-state index >= 15 is 0 Å². The Morgan fingerprint density at radius 2 is 2.08 bits per heavy atom. The van der Waals surface area contributed by atoms with Crippen LogP contribution in [0.15, 0.2) is 23.2 Å². The molecule has 0 radical (unpaired) electrons. The number of piperidine rings is 1. The molecule has 1 heterocycles. The number of ether oxygens (including phenoxy) is 1. The fourth-order valence-electron chi connectivity index (χ4n) is 3.05. The predicted molar refractivity (Wildman–Crippen MR) is 112 cm³/mol. The lowest BCUT2D eigenvalue weighted by molar-refractivity contribution is -0.121. The monoisotopic (exact) mass is 478 g/mol. The molecule has 1 amide bonds. The summed E-state index contributed by atoms with van der Waals surface area (Å²) in [5, 5.41) is 5.96. The number of nitrogens with zero attached hydrogens (tertiary/aromatic N) is 2. The van der Waals surface area contributed by atoms with E-state index in [1.54, 1.807) is 20.2 Å². The van der Waals surface area contributed by atoms with Gasteiger partial charge >= 0.3 is 0 Å². The van der Waals surface area contributed by atoms with Crippen LogP contribution in [0.25, 0.3) is 0 Å². The average molecular weight is 478 g/mol. The molecule has 8 heteroatoms. The Balaban J connectivity index is 0.00000338. The highest BCUT2D eigenvalue weighted by atomic mass is 127. The van der Waals surface area contributed by atoms with E-state index in [2.05, 4.69) is 20.5 Å². The Morgan fingerprint density at radius 3 is 2.62 bits per heavy atom. The lowest BCUT2D eigenvalue weighted by atomic mass is 9.93. The van der Waals surface area contributed by atoms with Gasteiger partial charge in [-0.15, -0.1) is 24.0 Å². The summed E-state index contributed by atoms with van der Waals surface area (Å²) in [5.41, 5.74) is 0.828. The minimum Gasteiger partial charge on any atom is -0.494 e. The van der Waals surface area contributed by atoms with Crippen molar-refractivity contribution < 1.29 is 13.9 Å². The number of carbonyl (C=O) groups is 1. The molecule has 1 fully saturated rings. The lowest BCUT2D eigenvalue weighted by Gasteiger charge is -2.34. The molecule has 1 saturated heterocycles. The van der Waals surface area contributed by atoms with Crippen molar-refractivity contribution in [2.45, 2.75) is 25.8 Å². The highest BCUT2D eigenvalue weighted by Gasteiger charge is 2.23. The first-order chi connectivity index (χ1) is 12.1. The van der Waals surface area contributed by atoms with Gasteiger partial charge in [-0.1, -0.05) is 6.07 Å². The number of benzene rings is 1. The van der Waals surface area contributed by atoms with Crippen LogP contribution >= 0.6 is 24.0 Å². The van der Waals surface area contributed by atoms with Crippen molar-refractivity contribution >= 4 is 35.8 Å². The highest BCUT2D eigenvalue weighted by Crippen LogP contribution is 2.21. The number of methoxy groups -OCH3 is 1. The number of rotatable bonds is 5. The van der Waals surface area contributed by atoms with Crippen LogP contribution in [-0.4, -0.2) is 51.1 Å². The van der Waals surface area contributed by atoms with Crippen molar-refractivity contribution in [3.63, 3.8) is 0 Å². The molecule has 0 aliphatic carbocycles. The Bertz CT molecular complexity index is 619. The largest absolute Gasteiger partial charge is 0.494 e. The van der Waals surface area contributed by atoms with E-state index in [1.165, 1.54) is 13.2 Å². The van der Waals surface area contributed by atoms with E-state index in [4.69, 9.17) is 4.74 Å². The average Bonchev–Trinajstić information content (AvgIpc) is 2.63. The lowest BCUT2D eigenvalue weighted by Crippen LogP contribution is -2.45. The molecular formula is C18H28FIN4O2. The van der Waals surface area contributed by atoms with Gasteiger partial charge in [0, 0.05) is 40.2 Å². The van der Waals surface area contributed by atoms with Gasteiger partial charge in [0.2, 0.25) is 5.91 Å². The summed E-state index contributed by atoms with van der Waals surface area (Å²) < 4.78 is 18.7. The van der Waals surface area contributed by atoms with E-state index in [1.807, 2.05) is 6.07 Å². The standard InChI is InChI=1S/C18H27FN4O2.HI/c1-20-17(24)11-13-6-8-23(9-7-13)18(21-2)22-12-14-4-5-16(25-3)15(19)10-14;/h4-5,10,13H,6-9,11-12H2,1-3H3,(H,20,24)(H,21,22);1H. The summed E-state index contributed by atoms with van der Waals surface area (Å²) in [7, 11) is 4.87. The van der Waals surface area contributed by atoms with Crippen molar-refractivity contribution in [1.82, 2.24) is 15.5 Å². The molecule has 0 unspecified atom stereocenters. The molecule has 146 valence electrons. The van der Waals surface area contributed by atoms with Crippen LogP contribution in [-0.2, 0) is 11.3 Å². The van der Waals surface area contributed by atoms with Crippen LogP contribution in [0, 0.1) is 11.7 Å². The summed E-state index contributed by atoms with van der Waals surface area (Å²) in [6.45, 7) is 2.21. The number of carbonyl (C=O) groups excluding carboxylic acids is 1. The van der Waals surface area contributed by atoms with Gasteiger partial charge in [0.25, 0.3) is 0 Å². The minimum absolute atomic E-state index is 0. The van der Waals surface area contributed by atoms with Crippen molar-refractivity contribution in [3.8, 4) is 5.75 Å². The molecule has 6 nitrogen and oxygen atoms in total. The van der Waals surface area contributed by atoms with Crippen molar-refractivity contribution in [1.29, 1.82) is 0 Å². The molecule has 1 aliphatic heterocycles. The maximum absolute atomic E-state index is 13.8. The van der Waals surface area contributed by atoms with E-state index < -0.39 is 0 Å². The maximum Gasteiger partial charge on any atom is 0.220 e. The normalized spacial score (nSPS) is 15.2. The zero-order valence-electron chi connectivity index (χ0n) is 15.5. The smallest absolute Gasteiger partial charge is 0.220 e. The second-order valence-electron chi connectivity index (χ2n) is 6.18. The maximum atomic E-state index is 13.8. The zero-order chi connectivity index (χ0) is 18.2. The number of hydrogen-bond acceptors (Lipinski definition) is 3. The highest BCUT2D eigenvalue weighted by molar-refractivity contribution is 14.0. The van der Waals surface area contributed by atoms with Gasteiger partial charge in [0.15, 0.2) is 17.5 Å². The minimum atomic E-state index is -0.369. The van der Waals surface area contributed by atoms with E-state index in [0.29, 0.717) is 18.9 Å². The summed E-state index contributed by atoms with van der Waals surface area (Å²) in [6.07, 6.45) is 2.51. The summed E-state index contributed by atoms with van der Waals surface area (Å²) in [6, 6.07) is 4.92. The molecule has 2 N–H and O–H groups in total. The first kappa shape index (κ1) is 22.5. The number of hydrogen-bond donors (Lipinski definition) is 2. The SMILES string of the molecule is CN=C(NCc1ccc(OC)c(F)c1)N1CCC(CC(=O)NC)CC1.I. The Kier molecular flexibility index (Phi) is 9.68. The number of guanidine groups is 1. The van der Waals surface area contributed by atoms with Gasteiger partial charge < -0.3 is 20.3 Å². The van der Waals surface area contributed by atoms with E-state index in [0.717, 1.165) is 37.5 Å². The summed E-state index contributed by atoms with van der Waals surface area (Å²) >= 11 is 0.